The number of hydrogen-bond donors (Lipinski definition) is 0. The van der Waals surface area contributed by atoms with Gasteiger partial charge in [-0.05, 0) is 75.5 Å². The first-order chi connectivity index (χ1) is 13.1. The highest BCUT2D eigenvalue weighted by Gasteiger charge is 2.59. The van der Waals surface area contributed by atoms with Crippen LogP contribution in [0.15, 0.2) is 0 Å². The summed E-state index contributed by atoms with van der Waals surface area (Å²) in [6, 6.07) is 0. The van der Waals surface area contributed by atoms with Gasteiger partial charge < -0.3 is 9.47 Å². The quantitative estimate of drug-likeness (QED) is 0.558. The third-order valence-electron chi connectivity index (χ3n) is 7.57. The molecule has 7 heteroatoms. The zero-order valence-electron chi connectivity index (χ0n) is 16.9. The van der Waals surface area contributed by atoms with Gasteiger partial charge >= 0.3 is 18.1 Å². The first-order valence-corrected chi connectivity index (χ1v) is 10.5. The number of carbonyl (C=O) groups excluding carboxylic acids is 2. The second-order valence-electron chi connectivity index (χ2n) is 9.24. The van der Waals surface area contributed by atoms with E-state index in [9.17, 15) is 22.8 Å². The van der Waals surface area contributed by atoms with Crippen molar-refractivity contribution in [3.05, 3.63) is 0 Å². The predicted octanol–water partition coefficient (Wildman–Crippen LogP) is 5.05. The van der Waals surface area contributed by atoms with Crippen molar-refractivity contribution in [3.63, 3.8) is 0 Å². The van der Waals surface area contributed by atoms with Crippen molar-refractivity contribution < 1.29 is 32.2 Å². The fraction of sp³-hybridized carbons (Fsp3) is 0.905. The molecule has 0 aromatic heterocycles. The van der Waals surface area contributed by atoms with Gasteiger partial charge in [0.2, 0.25) is 0 Å². The topological polar surface area (TPSA) is 52.6 Å². The van der Waals surface area contributed by atoms with E-state index in [2.05, 4.69) is 6.92 Å². The average Bonchev–Trinajstić information content (AvgIpc) is 2.61. The molecule has 0 heterocycles. The minimum Gasteiger partial charge on any atom is -0.456 e. The number of alkyl halides is 3. The summed E-state index contributed by atoms with van der Waals surface area (Å²) in [5.74, 6) is -0.0926. The molecule has 1 unspecified atom stereocenters. The average molecular weight is 404 g/mol. The van der Waals surface area contributed by atoms with Gasteiger partial charge in [0.1, 0.15) is 5.60 Å². The summed E-state index contributed by atoms with van der Waals surface area (Å²) in [4.78, 5) is 24.5. The minimum absolute atomic E-state index is 0.319. The number of esters is 2. The molecule has 4 nitrogen and oxygen atoms in total. The second-order valence-corrected chi connectivity index (χ2v) is 9.24. The van der Waals surface area contributed by atoms with Gasteiger partial charge in [-0.15, -0.1) is 0 Å². The van der Waals surface area contributed by atoms with Crippen LogP contribution in [-0.2, 0) is 19.1 Å². The van der Waals surface area contributed by atoms with Crippen molar-refractivity contribution >= 4 is 11.9 Å². The van der Waals surface area contributed by atoms with Crippen LogP contribution in [0.3, 0.4) is 0 Å². The molecular formula is C21H31F3O4. The number of ether oxygens (including phenoxy) is 2. The number of carbonyl (C=O) groups is 2. The first-order valence-electron chi connectivity index (χ1n) is 10.5. The van der Waals surface area contributed by atoms with Crippen LogP contribution in [-0.4, -0.2) is 30.3 Å². The summed E-state index contributed by atoms with van der Waals surface area (Å²) in [6.07, 6.45) is 1.96. The first kappa shape index (κ1) is 21.4. The lowest BCUT2D eigenvalue weighted by Crippen LogP contribution is -2.59. The summed E-state index contributed by atoms with van der Waals surface area (Å²) in [5, 5.41) is 0. The molecule has 0 N–H and O–H groups in total. The molecule has 0 aliphatic heterocycles. The maximum Gasteiger partial charge on any atom is 0.404 e. The van der Waals surface area contributed by atoms with Gasteiger partial charge in [-0.25, -0.2) is 4.79 Å². The lowest BCUT2D eigenvalue weighted by atomic mass is 9.49. The Kier molecular flexibility index (Phi) is 5.76. The van der Waals surface area contributed by atoms with Crippen LogP contribution in [0, 0.1) is 29.1 Å². The third kappa shape index (κ3) is 3.54. The molecular weight excluding hydrogens is 373 g/mol. The molecule has 0 saturated heterocycles. The summed E-state index contributed by atoms with van der Waals surface area (Å²) < 4.78 is 50.3. The van der Waals surface area contributed by atoms with Crippen LogP contribution in [0.2, 0.25) is 0 Å². The van der Waals surface area contributed by atoms with Crippen molar-refractivity contribution in [2.24, 2.45) is 29.1 Å². The Labute approximate surface area is 164 Å². The van der Waals surface area contributed by atoms with Gasteiger partial charge in [0.25, 0.3) is 0 Å². The van der Waals surface area contributed by atoms with Crippen LogP contribution in [0.1, 0.15) is 72.1 Å². The maximum atomic E-state index is 13.2. The number of halogens is 3. The van der Waals surface area contributed by atoms with E-state index in [4.69, 9.17) is 9.47 Å². The van der Waals surface area contributed by atoms with Gasteiger partial charge in [-0.2, -0.15) is 13.2 Å². The Hall–Kier alpha value is -1.27. The smallest absolute Gasteiger partial charge is 0.404 e. The van der Waals surface area contributed by atoms with E-state index in [0.717, 1.165) is 45.4 Å². The van der Waals surface area contributed by atoms with E-state index in [1.165, 1.54) is 13.3 Å². The Morgan fingerprint density at radius 3 is 1.96 bits per heavy atom. The molecule has 4 aliphatic carbocycles. The van der Waals surface area contributed by atoms with Gasteiger partial charge in [0.05, 0.1) is 0 Å². The summed E-state index contributed by atoms with van der Waals surface area (Å²) in [6.45, 7) is 3.37. The fourth-order valence-electron chi connectivity index (χ4n) is 5.98. The van der Waals surface area contributed by atoms with E-state index >= 15 is 0 Å². The van der Waals surface area contributed by atoms with Crippen LogP contribution in [0.5, 0.6) is 0 Å². The Morgan fingerprint density at radius 1 is 1.00 bits per heavy atom. The molecule has 0 spiro atoms. The molecule has 4 aliphatic rings. The van der Waals surface area contributed by atoms with Crippen LogP contribution in [0.25, 0.3) is 0 Å². The monoisotopic (exact) mass is 404 g/mol. The van der Waals surface area contributed by atoms with Crippen molar-refractivity contribution in [3.8, 4) is 0 Å². The molecule has 0 aromatic carbocycles. The zero-order chi connectivity index (χ0) is 20.7. The normalized spacial score (nSPS) is 36.1. The molecule has 28 heavy (non-hydrogen) atoms. The third-order valence-corrected chi connectivity index (χ3v) is 7.57. The maximum absolute atomic E-state index is 13.2. The molecule has 4 fully saturated rings. The van der Waals surface area contributed by atoms with Gasteiger partial charge in [-0.3, -0.25) is 4.79 Å². The molecule has 160 valence electrons. The summed E-state index contributed by atoms with van der Waals surface area (Å²) in [7, 11) is 0. The van der Waals surface area contributed by atoms with Crippen LogP contribution >= 0.6 is 0 Å². The largest absolute Gasteiger partial charge is 0.456 e. The highest BCUT2D eigenvalue weighted by atomic mass is 19.4. The van der Waals surface area contributed by atoms with Crippen molar-refractivity contribution in [1.82, 2.24) is 0 Å². The fourth-order valence-corrected chi connectivity index (χ4v) is 5.98. The van der Waals surface area contributed by atoms with E-state index in [1.54, 1.807) is 0 Å². The van der Waals surface area contributed by atoms with E-state index in [1.807, 2.05) is 0 Å². The summed E-state index contributed by atoms with van der Waals surface area (Å²) >= 11 is 0. The highest BCUT2D eigenvalue weighted by Crippen LogP contribution is 2.61. The molecule has 4 rings (SSSR count). The standard InChI is InChI=1S/C21H31F3O4/c1-4-6-20(15-8-13-7-14(10-15)11-16(20)9-13)28-17(25)12-27-18(26)19(3,5-2)21(22,23)24/h13-16H,4-12H2,1-3H3. The van der Waals surface area contributed by atoms with Gasteiger partial charge in [-0.1, -0.05) is 20.3 Å². The molecule has 1 atom stereocenters. The number of hydrogen-bond acceptors (Lipinski definition) is 4. The molecule has 0 aromatic rings. The van der Waals surface area contributed by atoms with Crippen molar-refractivity contribution in [2.45, 2.75) is 83.9 Å². The molecule has 4 saturated carbocycles. The molecule has 0 radical (unpaired) electrons. The number of rotatable bonds is 7. The van der Waals surface area contributed by atoms with Crippen LogP contribution in [0.4, 0.5) is 13.2 Å². The van der Waals surface area contributed by atoms with E-state index < -0.39 is 42.2 Å². The summed E-state index contributed by atoms with van der Waals surface area (Å²) in [5.41, 5.74) is -3.15. The van der Waals surface area contributed by atoms with Crippen molar-refractivity contribution in [2.75, 3.05) is 6.61 Å². The lowest BCUT2D eigenvalue weighted by Gasteiger charge is -2.60. The molecule has 0 amide bonds. The second kappa shape index (κ2) is 7.52. The Bertz CT molecular complexity index is 587. The lowest BCUT2D eigenvalue weighted by molar-refractivity contribution is -0.235. The zero-order valence-corrected chi connectivity index (χ0v) is 16.9. The van der Waals surface area contributed by atoms with Gasteiger partial charge in [0.15, 0.2) is 12.0 Å². The Balaban J connectivity index is 1.65. The Morgan fingerprint density at radius 2 is 1.54 bits per heavy atom. The molecule has 4 bridgehead atoms. The predicted molar refractivity (Wildman–Crippen MR) is 96.2 cm³/mol. The highest BCUT2D eigenvalue weighted by molar-refractivity contribution is 5.81. The SMILES string of the molecule is CCCC1(OC(=O)COC(=O)C(C)(CC)C(F)(F)F)C2CC3CC(C2)CC1C3. The van der Waals surface area contributed by atoms with E-state index in [0.29, 0.717) is 23.7 Å². The minimum atomic E-state index is -4.73. The van der Waals surface area contributed by atoms with Crippen LogP contribution < -0.4 is 0 Å². The van der Waals surface area contributed by atoms with Crippen molar-refractivity contribution in [1.29, 1.82) is 0 Å². The van der Waals surface area contributed by atoms with E-state index in [-0.39, 0.29) is 0 Å². The van der Waals surface area contributed by atoms with Gasteiger partial charge in [0, 0.05) is 0 Å².